The molecule has 7 nitrogen and oxygen atoms in total. The molecule has 0 saturated heterocycles. The van der Waals surface area contributed by atoms with Gasteiger partial charge in [-0.3, -0.25) is 9.59 Å². The Morgan fingerprint density at radius 1 is 1.00 bits per heavy atom. The van der Waals surface area contributed by atoms with Crippen molar-refractivity contribution in [3.63, 3.8) is 0 Å². The molecule has 2 heterocycles. The highest BCUT2D eigenvalue weighted by molar-refractivity contribution is 6.32. The molecule has 0 radical (unpaired) electrons. The molecule has 29 heavy (non-hydrogen) atoms. The van der Waals surface area contributed by atoms with Crippen molar-refractivity contribution in [2.75, 3.05) is 5.32 Å². The van der Waals surface area contributed by atoms with Crippen LogP contribution in [-0.2, 0) is 6.54 Å². The smallest absolute Gasteiger partial charge is 0.276 e. The lowest BCUT2D eigenvalue weighted by molar-refractivity contribution is 0.101. The molecule has 0 bridgehead atoms. The first-order valence-corrected chi connectivity index (χ1v) is 9.21. The van der Waals surface area contributed by atoms with E-state index >= 15 is 0 Å². The number of para-hydroxylation sites is 1. The maximum absolute atomic E-state index is 12.7. The number of benzene rings is 2. The van der Waals surface area contributed by atoms with Gasteiger partial charge in [0.25, 0.3) is 11.5 Å². The molecular formula is C21H16ClN5O2. The van der Waals surface area contributed by atoms with Gasteiger partial charge in [-0.05, 0) is 35.9 Å². The standard InChI is InChI=1S/C21H16ClN5O2/c22-17-5-1-2-6-18(17)27-19(13-23-25-27)21(29)24-16-10-8-15(9-11-16)14-26-12-4-3-7-20(26)28/h1-13H,14H2,(H,24,29). The summed E-state index contributed by atoms with van der Waals surface area (Å²) >= 11 is 6.20. The molecule has 8 heteroatoms. The molecule has 0 saturated carbocycles. The summed E-state index contributed by atoms with van der Waals surface area (Å²) in [4.78, 5) is 24.5. The van der Waals surface area contributed by atoms with Crippen LogP contribution < -0.4 is 10.9 Å². The van der Waals surface area contributed by atoms with E-state index in [0.717, 1.165) is 5.56 Å². The van der Waals surface area contributed by atoms with Gasteiger partial charge in [-0.1, -0.05) is 47.1 Å². The molecule has 1 N–H and O–H groups in total. The Morgan fingerprint density at radius 2 is 1.76 bits per heavy atom. The Hall–Kier alpha value is -3.71. The van der Waals surface area contributed by atoms with Crippen molar-refractivity contribution in [1.82, 2.24) is 19.6 Å². The van der Waals surface area contributed by atoms with E-state index in [1.165, 1.54) is 16.9 Å². The number of carbonyl (C=O) groups is 1. The average molecular weight is 406 g/mol. The summed E-state index contributed by atoms with van der Waals surface area (Å²) < 4.78 is 3.01. The molecule has 2 aromatic heterocycles. The number of hydrogen-bond donors (Lipinski definition) is 1. The molecule has 4 rings (SSSR count). The van der Waals surface area contributed by atoms with Crippen molar-refractivity contribution in [3.05, 3.63) is 106 Å². The molecule has 2 aromatic carbocycles. The first kappa shape index (κ1) is 18.6. The second kappa shape index (κ2) is 8.12. The van der Waals surface area contributed by atoms with Crippen molar-refractivity contribution in [3.8, 4) is 5.69 Å². The molecule has 0 spiro atoms. The van der Waals surface area contributed by atoms with Crippen LogP contribution in [0.15, 0.2) is 83.9 Å². The second-order valence-electron chi connectivity index (χ2n) is 6.30. The second-order valence-corrected chi connectivity index (χ2v) is 6.71. The van der Waals surface area contributed by atoms with E-state index in [-0.39, 0.29) is 17.2 Å². The van der Waals surface area contributed by atoms with E-state index in [4.69, 9.17) is 11.6 Å². The Bertz CT molecular complexity index is 1210. The molecule has 1 amide bonds. The summed E-state index contributed by atoms with van der Waals surface area (Å²) in [6, 6.07) is 19.4. The monoisotopic (exact) mass is 405 g/mol. The topological polar surface area (TPSA) is 81.8 Å². The van der Waals surface area contributed by atoms with Crippen LogP contribution in [0, 0.1) is 0 Å². The molecule has 0 fully saturated rings. The van der Waals surface area contributed by atoms with Crippen LogP contribution >= 0.6 is 11.6 Å². The van der Waals surface area contributed by atoms with Crippen molar-refractivity contribution in [2.24, 2.45) is 0 Å². The highest BCUT2D eigenvalue weighted by atomic mass is 35.5. The number of anilines is 1. The van der Waals surface area contributed by atoms with Crippen LogP contribution in [0.4, 0.5) is 5.69 Å². The summed E-state index contributed by atoms with van der Waals surface area (Å²) in [5, 5.41) is 11.1. The number of hydrogen-bond acceptors (Lipinski definition) is 4. The van der Waals surface area contributed by atoms with Crippen molar-refractivity contribution < 1.29 is 4.79 Å². The predicted molar refractivity (Wildman–Crippen MR) is 111 cm³/mol. The molecule has 144 valence electrons. The van der Waals surface area contributed by atoms with E-state index in [2.05, 4.69) is 15.6 Å². The quantitative estimate of drug-likeness (QED) is 0.551. The third-order valence-corrected chi connectivity index (χ3v) is 4.65. The van der Waals surface area contributed by atoms with E-state index < -0.39 is 0 Å². The minimum Gasteiger partial charge on any atom is -0.321 e. The number of aromatic nitrogens is 4. The fourth-order valence-corrected chi connectivity index (χ4v) is 3.08. The number of halogens is 1. The highest BCUT2D eigenvalue weighted by Crippen LogP contribution is 2.20. The zero-order valence-electron chi connectivity index (χ0n) is 15.2. The molecule has 0 atom stereocenters. The van der Waals surface area contributed by atoms with Gasteiger partial charge in [0.05, 0.1) is 23.5 Å². The normalized spacial score (nSPS) is 10.7. The molecule has 0 unspecified atom stereocenters. The first-order valence-electron chi connectivity index (χ1n) is 8.83. The summed E-state index contributed by atoms with van der Waals surface area (Å²) in [6.07, 6.45) is 3.12. The van der Waals surface area contributed by atoms with Gasteiger partial charge in [-0.25, -0.2) is 4.68 Å². The molecule has 0 aliphatic carbocycles. The van der Waals surface area contributed by atoms with E-state index in [1.54, 1.807) is 53.2 Å². The lowest BCUT2D eigenvalue weighted by atomic mass is 10.2. The largest absolute Gasteiger partial charge is 0.321 e. The van der Waals surface area contributed by atoms with Gasteiger partial charge >= 0.3 is 0 Å². The Balaban J connectivity index is 1.50. The fraction of sp³-hybridized carbons (Fsp3) is 0.0476. The van der Waals surface area contributed by atoms with Gasteiger partial charge in [-0.15, -0.1) is 5.10 Å². The summed E-state index contributed by atoms with van der Waals surface area (Å²) in [6.45, 7) is 0.455. The number of nitrogens with one attached hydrogen (secondary N) is 1. The maximum Gasteiger partial charge on any atom is 0.276 e. The molecular weight excluding hydrogens is 390 g/mol. The first-order chi connectivity index (χ1) is 14.1. The summed E-state index contributed by atoms with van der Waals surface area (Å²) in [5.41, 5.74) is 2.33. The number of carbonyl (C=O) groups excluding carboxylic acids is 1. The van der Waals surface area contributed by atoms with Crippen molar-refractivity contribution >= 4 is 23.2 Å². The van der Waals surface area contributed by atoms with Gasteiger partial charge in [0.2, 0.25) is 0 Å². The minimum absolute atomic E-state index is 0.0646. The number of amides is 1. The fourth-order valence-electron chi connectivity index (χ4n) is 2.87. The number of rotatable bonds is 5. The zero-order chi connectivity index (χ0) is 20.2. The Morgan fingerprint density at radius 3 is 2.52 bits per heavy atom. The van der Waals surface area contributed by atoms with Crippen LogP contribution in [0.1, 0.15) is 16.1 Å². The van der Waals surface area contributed by atoms with Gasteiger partial charge in [-0.2, -0.15) is 0 Å². The van der Waals surface area contributed by atoms with Gasteiger partial charge in [0.15, 0.2) is 5.69 Å². The Kier molecular flexibility index (Phi) is 5.22. The van der Waals surface area contributed by atoms with Crippen LogP contribution in [0.3, 0.4) is 0 Å². The van der Waals surface area contributed by atoms with E-state index in [9.17, 15) is 9.59 Å². The lowest BCUT2D eigenvalue weighted by Crippen LogP contribution is -2.18. The van der Waals surface area contributed by atoms with Crippen molar-refractivity contribution in [1.29, 1.82) is 0 Å². The number of pyridine rings is 1. The minimum atomic E-state index is -0.359. The van der Waals surface area contributed by atoms with E-state index in [1.807, 2.05) is 18.2 Å². The lowest BCUT2D eigenvalue weighted by Gasteiger charge is -2.10. The Labute approximate surface area is 171 Å². The van der Waals surface area contributed by atoms with Crippen LogP contribution in [0.25, 0.3) is 5.69 Å². The van der Waals surface area contributed by atoms with Gasteiger partial charge in [0, 0.05) is 18.0 Å². The SMILES string of the molecule is O=C(Nc1ccc(Cn2ccccc2=O)cc1)c1cnnn1-c1ccccc1Cl. The third kappa shape index (κ3) is 4.09. The zero-order valence-corrected chi connectivity index (χ0v) is 16.0. The van der Waals surface area contributed by atoms with Crippen molar-refractivity contribution in [2.45, 2.75) is 6.54 Å². The van der Waals surface area contributed by atoms with Crippen LogP contribution in [-0.4, -0.2) is 25.5 Å². The van der Waals surface area contributed by atoms with E-state index in [0.29, 0.717) is 22.9 Å². The molecule has 4 aromatic rings. The molecule has 0 aliphatic rings. The van der Waals surface area contributed by atoms with Crippen LogP contribution in [0.2, 0.25) is 5.02 Å². The summed E-state index contributed by atoms with van der Waals surface area (Å²) in [5.74, 6) is -0.359. The summed E-state index contributed by atoms with van der Waals surface area (Å²) in [7, 11) is 0. The average Bonchev–Trinajstić information content (AvgIpc) is 3.21. The maximum atomic E-state index is 12.7. The third-order valence-electron chi connectivity index (χ3n) is 4.33. The number of nitrogens with zero attached hydrogens (tertiary/aromatic N) is 4. The highest BCUT2D eigenvalue weighted by Gasteiger charge is 2.16. The van der Waals surface area contributed by atoms with Gasteiger partial charge < -0.3 is 9.88 Å². The van der Waals surface area contributed by atoms with Crippen LogP contribution in [0.5, 0.6) is 0 Å². The molecule has 0 aliphatic heterocycles. The van der Waals surface area contributed by atoms with Gasteiger partial charge in [0.1, 0.15) is 0 Å². The predicted octanol–water partition coefficient (Wildman–Crippen LogP) is 3.38.